The fourth-order valence-corrected chi connectivity index (χ4v) is 5.06. The molecule has 5 rings (SSSR count). The van der Waals surface area contributed by atoms with Crippen LogP contribution in [0, 0.1) is 13.8 Å². The van der Waals surface area contributed by atoms with Crippen molar-refractivity contribution in [3.8, 4) is 5.75 Å². The lowest BCUT2D eigenvalue weighted by atomic mass is 9.95. The van der Waals surface area contributed by atoms with E-state index in [1.807, 2.05) is 6.92 Å². The van der Waals surface area contributed by atoms with Crippen LogP contribution >= 0.6 is 0 Å². The maximum atomic E-state index is 12.4. The van der Waals surface area contributed by atoms with Gasteiger partial charge in [-0.05, 0) is 61.8 Å². The zero-order chi connectivity index (χ0) is 20.3. The van der Waals surface area contributed by atoms with Gasteiger partial charge in [-0.25, -0.2) is 4.79 Å². The van der Waals surface area contributed by atoms with Crippen molar-refractivity contribution in [3.05, 3.63) is 68.1 Å². The van der Waals surface area contributed by atoms with Crippen LogP contribution in [0.25, 0.3) is 11.0 Å². The molecule has 1 aromatic heterocycles. The first-order valence-electron chi connectivity index (χ1n) is 10.5. The highest BCUT2D eigenvalue weighted by atomic mass is 16.5. The molecule has 0 bridgehead atoms. The lowest BCUT2D eigenvalue weighted by Crippen LogP contribution is -2.33. The summed E-state index contributed by atoms with van der Waals surface area (Å²) < 4.78 is 12.0. The summed E-state index contributed by atoms with van der Waals surface area (Å²) in [5.74, 6) is 1.32. The minimum Gasteiger partial charge on any atom is -0.472 e. The van der Waals surface area contributed by atoms with Gasteiger partial charge in [-0.1, -0.05) is 32.0 Å². The Kier molecular flexibility index (Phi) is 4.19. The van der Waals surface area contributed by atoms with Crippen molar-refractivity contribution in [3.63, 3.8) is 0 Å². The Hall–Kier alpha value is -2.75. The van der Waals surface area contributed by atoms with Crippen LogP contribution in [0.1, 0.15) is 59.6 Å². The Balaban J connectivity index is 1.65. The van der Waals surface area contributed by atoms with E-state index in [2.05, 4.69) is 49.9 Å². The number of anilines is 1. The van der Waals surface area contributed by atoms with Gasteiger partial charge >= 0.3 is 5.63 Å². The van der Waals surface area contributed by atoms with Crippen molar-refractivity contribution in [2.75, 3.05) is 11.6 Å². The lowest BCUT2D eigenvalue weighted by Gasteiger charge is -2.35. The van der Waals surface area contributed by atoms with Crippen LogP contribution in [0.5, 0.6) is 5.75 Å². The molecule has 2 heterocycles. The van der Waals surface area contributed by atoms with E-state index < -0.39 is 0 Å². The molecule has 1 aliphatic carbocycles. The SMILES string of the molecule is Cc1cccc(C(C)C)c1N1COc2c(cc3c4c(c(=O)oc3c2C)CCC4)C1. The quantitative estimate of drug-likeness (QED) is 0.552. The number of ether oxygens (including phenoxy) is 1. The largest absolute Gasteiger partial charge is 0.472 e. The van der Waals surface area contributed by atoms with E-state index in [9.17, 15) is 4.79 Å². The van der Waals surface area contributed by atoms with Crippen LogP contribution in [-0.4, -0.2) is 6.73 Å². The molecule has 0 N–H and O–H groups in total. The Labute approximate surface area is 171 Å². The Morgan fingerprint density at radius 3 is 2.69 bits per heavy atom. The predicted molar refractivity (Wildman–Crippen MR) is 116 cm³/mol. The van der Waals surface area contributed by atoms with E-state index in [1.54, 1.807) is 0 Å². The normalized spacial score (nSPS) is 15.6. The molecule has 3 aromatic rings. The topological polar surface area (TPSA) is 42.7 Å². The van der Waals surface area contributed by atoms with Crippen molar-refractivity contribution in [1.82, 2.24) is 0 Å². The fourth-order valence-electron chi connectivity index (χ4n) is 5.06. The highest BCUT2D eigenvalue weighted by Crippen LogP contribution is 2.40. The van der Waals surface area contributed by atoms with E-state index >= 15 is 0 Å². The smallest absolute Gasteiger partial charge is 0.339 e. The van der Waals surface area contributed by atoms with Crippen molar-refractivity contribution in [2.45, 2.75) is 59.4 Å². The average Bonchev–Trinajstić information content (AvgIpc) is 3.19. The number of para-hydroxylation sites is 1. The molecule has 0 spiro atoms. The molecule has 4 heteroatoms. The van der Waals surface area contributed by atoms with Gasteiger partial charge in [0.1, 0.15) is 11.3 Å². The monoisotopic (exact) mass is 389 g/mol. The molecule has 150 valence electrons. The number of fused-ring (bicyclic) bond motifs is 4. The third kappa shape index (κ3) is 2.77. The second-order valence-electron chi connectivity index (χ2n) is 8.71. The van der Waals surface area contributed by atoms with Crippen LogP contribution in [0.3, 0.4) is 0 Å². The fraction of sp³-hybridized carbons (Fsp3) is 0.400. The number of rotatable bonds is 2. The van der Waals surface area contributed by atoms with Crippen molar-refractivity contribution in [2.24, 2.45) is 0 Å². The van der Waals surface area contributed by atoms with Gasteiger partial charge in [0.2, 0.25) is 0 Å². The van der Waals surface area contributed by atoms with Crippen LogP contribution < -0.4 is 15.3 Å². The predicted octanol–water partition coefficient (Wildman–Crippen LogP) is 5.38. The first kappa shape index (κ1) is 18.3. The van der Waals surface area contributed by atoms with Crippen LogP contribution in [0.15, 0.2) is 33.5 Å². The summed E-state index contributed by atoms with van der Waals surface area (Å²) in [7, 11) is 0. The molecule has 2 aromatic carbocycles. The van der Waals surface area contributed by atoms with Crippen LogP contribution in [0.4, 0.5) is 5.69 Å². The van der Waals surface area contributed by atoms with Crippen LogP contribution in [0.2, 0.25) is 0 Å². The maximum absolute atomic E-state index is 12.4. The summed E-state index contributed by atoms with van der Waals surface area (Å²) in [4.78, 5) is 14.7. The van der Waals surface area contributed by atoms with Gasteiger partial charge in [-0.3, -0.25) is 0 Å². The second kappa shape index (κ2) is 6.65. The molecule has 4 nitrogen and oxygen atoms in total. The zero-order valence-electron chi connectivity index (χ0n) is 17.6. The summed E-state index contributed by atoms with van der Waals surface area (Å²) in [5.41, 5.74) is 8.57. The van der Waals surface area contributed by atoms with Gasteiger partial charge in [0.05, 0.1) is 0 Å². The van der Waals surface area contributed by atoms with Gasteiger partial charge in [0.15, 0.2) is 6.73 Å². The third-order valence-corrected chi connectivity index (χ3v) is 6.45. The minimum absolute atomic E-state index is 0.174. The summed E-state index contributed by atoms with van der Waals surface area (Å²) >= 11 is 0. The molecule has 0 unspecified atom stereocenters. The molecule has 1 aliphatic heterocycles. The third-order valence-electron chi connectivity index (χ3n) is 6.45. The first-order chi connectivity index (χ1) is 14.0. The molecule has 0 atom stereocenters. The van der Waals surface area contributed by atoms with E-state index in [0.717, 1.165) is 48.1 Å². The highest BCUT2D eigenvalue weighted by Gasteiger charge is 2.27. The summed E-state index contributed by atoms with van der Waals surface area (Å²) in [6, 6.07) is 8.72. The molecule has 0 saturated heterocycles. The minimum atomic E-state index is -0.174. The lowest BCUT2D eigenvalue weighted by molar-refractivity contribution is 0.286. The highest BCUT2D eigenvalue weighted by molar-refractivity contribution is 5.88. The van der Waals surface area contributed by atoms with Crippen molar-refractivity contribution in [1.29, 1.82) is 0 Å². The molecule has 0 amide bonds. The van der Waals surface area contributed by atoms with Gasteiger partial charge in [-0.2, -0.15) is 0 Å². The molecule has 2 aliphatic rings. The molecule has 0 saturated carbocycles. The van der Waals surface area contributed by atoms with Gasteiger partial charge in [-0.15, -0.1) is 0 Å². The summed E-state index contributed by atoms with van der Waals surface area (Å²) in [5, 5.41) is 1.09. The summed E-state index contributed by atoms with van der Waals surface area (Å²) in [6.45, 7) is 9.95. The van der Waals surface area contributed by atoms with Gasteiger partial charge < -0.3 is 14.1 Å². The van der Waals surface area contributed by atoms with E-state index in [4.69, 9.17) is 9.15 Å². The number of aryl methyl sites for hydroxylation is 3. The van der Waals surface area contributed by atoms with Crippen molar-refractivity contribution < 1.29 is 9.15 Å². The first-order valence-corrected chi connectivity index (χ1v) is 10.5. The average molecular weight is 389 g/mol. The number of nitrogens with zero attached hydrogens (tertiary/aromatic N) is 1. The Bertz CT molecular complexity index is 1190. The van der Waals surface area contributed by atoms with Gasteiger partial charge in [0, 0.05) is 34.3 Å². The summed E-state index contributed by atoms with van der Waals surface area (Å²) in [6.07, 6.45) is 2.81. The van der Waals surface area contributed by atoms with Crippen molar-refractivity contribution >= 4 is 16.7 Å². The van der Waals surface area contributed by atoms with E-state index in [1.165, 1.54) is 27.9 Å². The molecule has 0 fully saturated rings. The number of hydrogen-bond donors (Lipinski definition) is 0. The molecule has 0 radical (unpaired) electrons. The standard InChI is InChI=1S/C25H27NO3/c1-14(2)18-8-5-7-15(3)22(18)26-12-17-11-21-19-9-6-10-20(19)25(27)29-24(21)16(4)23(17)28-13-26/h5,7-8,11,14H,6,9-10,12-13H2,1-4H3. The molecular formula is C25H27NO3. The van der Waals surface area contributed by atoms with Crippen LogP contribution in [-0.2, 0) is 19.4 Å². The number of hydrogen-bond acceptors (Lipinski definition) is 4. The zero-order valence-corrected chi connectivity index (χ0v) is 17.6. The van der Waals surface area contributed by atoms with E-state index in [0.29, 0.717) is 18.2 Å². The second-order valence-corrected chi connectivity index (χ2v) is 8.71. The number of benzene rings is 2. The Morgan fingerprint density at radius 2 is 1.90 bits per heavy atom. The van der Waals surface area contributed by atoms with Gasteiger partial charge in [0.25, 0.3) is 0 Å². The Morgan fingerprint density at radius 1 is 1.10 bits per heavy atom. The van der Waals surface area contributed by atoms with E-state index in [-0.39, 0.29) is 5.63 Å². The molecular weight excluding hydrogens is 362 g/mol. The maximum Gasteiger partial charge on any atom is 0.339 e. The molecule has 29 heavy (non-hydrogen) atoms.